The van der Waals surface area contributed by atoms with Crippen molar-refractivity contribution in [3.05, 3.63) is 65.2 Å². The van der Waals surface area contributed by atoms with Gasteiger partial charge in [0.15, 0.2) is 0 Å². The van der Waals surface area contributed by atoms with Crippen molar-refractivity contribution in [2.24, 2.45) is 5.92 Å². The zero-order valence-corrected chi connectivity index (χ0v) is 21.4. The summed E-state index contributed by atoms with van der Waals surface area (Å²) in [7, 11) is 3.03. The molecule has 0 bridgehead atoms. The number of rotatable bonds is 11. The minimum atomic E-state index is -0.353. The normalized spacial score (nSPS) is 15.9. The van der Waals surface area contributed by atoms with E-state index in [0.29, 0.717) is 12.2 Å². The standard InChI is InChI=1S/C28H38N2O5/c1-5-7-21(2)27(31)30-16-14-29(15-17-30)19-26(24-8-6-9-25(18-24)33-3)35-20-22-10-12-23(13-11-22)28(32)34-4/h6,8-13,18,21,26H,5,7,14-17,19-20H2,1-4H3. The molecule has 1 amide bonds. The Labute approximate surface area is 209 Å². The van der Waals surface area contributed by atoms with Gasteiger partial charge in [-0.1, -0.05) is 44.5 Å². The fourth-order valence-electron chi connectivity index (χ4n) is 4.40. The number of esters is 1. The molecule has 7 heteroatoms. The van der Waals surface area contributed by atoms with E-state index in [-0.39, 0.29) is 23.9 Å². The Morgan fingerprint density at radius 3 is 2.34 bits per heavy atom. The number of amides is 1. The first-order chi connectivity index (χ1) is 16.9. The van der Waals surface area contributed by atoms with Gasteiger partial charge in [-0.3, -0.25) is 9.69 Å². The Balaban J connectivity index is 1.64. The lowest BCUT2D eigenvalue weighted by molar-refractivity contribution is -0.137. The van der Waals surface area contributed by atoms with Crippen LogP contribution in [0.25, 0.3) is 0 Å². The zero-order chi connectivity index (χ0) is 25.2. The minimum absolute atomic E-state index is 0.0880. The molecule has 2 aromatic carbocycles. The predicted octanol–water partition coefficient (Wildman–Crippen LogP) is 4.32. The molecule has 0 saturated carbocycles. The molecule has 2 unspecified atom stereocenters. The molecule has 1 aliphatic rings. The highest BCUT2D eigenvalue weighted by Gasteiger charge is 2.26. The highest BCUT2D eigenvalue weighted by Crippen LogP contribution is 2.25. The van der Waals surface area contributed by atoms with E-state index in [1.54, 1.807) is 19.2 Å². The molecule has 3 rings (SSSR count). The summed E-state index contributed by atoms with van der Waals surface area (Å²) in [4.78, 5) is 28.8. The molecule has 0 N–H and O–H groups in total. The summed E-state index contributed by atoms with van der Waals surface area (Å²) < 4.78 is 16.6. The number of carbonyl (C=O) groups is 2. The summed E-state index contributed by atoms with van der Waals surface area (Å²) in [6.07, 6.45) is 1.80. The summed E-state index contributed by atoms with van der Waals surface area (Å²) in [5.74, 6) is 0.791. The Hall–Kier alpha value is -2.90. The van der Waals surface area contributed by atoms with Crippen molar-refractivity contribution < 1.29 is 23.8 Å². The smallest absolute Gasteiger partial charge is 0.337 e. The van der Waals surface area contributed by atoms with Gasteiger partial charge in [0.2, 0.25) is 5.91 Å². The fourth-order valence-corrected chi connectivity index (χ4v) is 4.40. The van der Waals surface area contributed by atoms with Crippen molar-refractivity contribution in [1.82, 2.24) is 9.80 Å². The Bertz CT molecular complexity index is 954. The lowest BCUT2D eigenvalue weighted by Gasteiger charge is -2.37. The Morgan fingerprint density at radius 1 is 1.00 bits per heavy atom. The average Bonchev–Trinajstić information content (AvgIpc) is 2.91. The molecule has 2 atom stereocenters. The minimum Gasteiger partial charge on any atom is -0.497 e. The van der Waals surface area contributed by atoms with E-state index in [1.165, 1.54) is 7.11 Å². The second kappa shape index (κ2) is 13.3. The van der Waals surface area contributed by atoms with Crippen molar-refractivity contribution >= 4 is 11.9 Å². The van der Waals surface area contributed by atoms with Gasteiger partial charge in [0.05, 0.1) is 32.5 Å². The molecule has 35 heavy (non-hydrogen) atoms. The van der Waals surface area contributed by atoms with Gasteiger partial charge >= 0.3 is 5.97 Å². The maximum atomic E-state index is 12.7. The fraction of sp³-hybridized carbons (Fsp3) is 0.500. The molecule has 1 fully saturated rings. The molecule has 0 aliphatic carbocycles. The molecule has 0 radical (unpaired) electrons. The van der Waals surface area contributed by atoms with Crippen molar-refractivity contribution in [2.75, 3.05) is 46.9 Å². The quantitative estimate of drug-likeness (QED) is 0.445. The van der Waals surface area contributed by atoms with Crippen molar-refractivity contribution in [2.45, 2.75) is 39.4 Å². The van der Waals surface area contributed by atoms with Gasteiger partial charge in [-0.05, 0) is 41.8 Å². The van der Waals surface area contributed by atoms with Crippen molar-refractivity contribution in [3.63, 3.8) is 0 Å². The molecule has 7 nitrogen and oxygen atoms in total. The van der Waals surface area contributed by atoms with Gasteiger partial charge in [0.1, 0.15) is 5.75 Å². The SMILES string of the molecule is CCCC(C)C(=O)N1CCN(CC(OCc2ccc(C(=O)OC)cc2)c2cccc(OC)c2)CC1. The first-order valence-electron chi connectivity index (χ1n) is 12.4. The number of hydrogen-bond acceptors (Lipinski definition) is 6. The van der Waals surface area contributed by atoms with E-state index in [1.807, 2.05) is 42.2 Å². The molecular weight excluding hydrogens is 444 g/mol. The van der Waals surface area contributed by atoms with Gasteiger partial charge in [-0.2, -0.15) is 0 Å². The van der Waals surface area contributed by atoms with Crippen LogP contribution in [0.15, 0.2) is 48.5 Å². The van der Waals surface area contributed by atoms with Gasteiger partial charge in [0, 0.05) is 38.6 Å². The van der Waals surface area contributed by atoms with E-state index in [2.05, 4.69) is 17.9 Å². The molecule has 0 aromatic heterocycles. The zero-order valence-electron chi connectivity index (χ0n) is 21.4. The van der Waals surface area contributed by atoms with Gasteiger partial charge < -0.3 is 19.1 Å². The predicted molar refractivity (Wildman–Crippen MR) is 135 cm³/mol. The Kier molecular flexibility index (Phi) is 10.1. The summed E-state index contributed by atoms with van der Waals surface area (Å²) in [6.45, 7) is 8.41. The third-order valence-corrected chi connectivity index (χ3v) is 6.54. The van der Waals surface area contributed by atoms with Crippen LogP contribution in [0.5, 0.6) is 5.75 Å². The van der Waals surface area contributed by atoms with E-state index < -0.39 is 0 Å². The average molecular weight is 483 g/mol. The number of carbonyl (C=O) groups excluding carboxylic acids is 2. The summed E-state index contributed by atoms with van der Waals surface area (Å²) in [5, 5.41) is 0. The molecule has 190 valence electrons. The summed E-state index contributed by atoms with van der Waals surface area (Å²) >= 11 is 0. The highest BCUT2D eigenvalue weighted by molar-refractivity contribution is 5.89. The topological polar surface area (TPSA) is 68.3 Å². The number of ether oxygens (including phenoxy) is 3. The first kappa shape index (κ1) is 26.7. The largest absolute Gasteiger partial charge is 0.497 e. The van der Waals surface area contributed by atoms with Crippen LogP contribution in [0.4, 0.5) is 0 Å². The van der Waals surface area contributed by atoms with Crippen LogP contribution in [0, 0.1) is 5.92 Å². The highest BCUT2D eigenvalue weighted by atomic mass is 16.5. The van der Waals surface area contributed by atoms with Gasteiger partial charge in [-0.25, -0.2) is 4.79 Å². The van der Waals surface area contributed by atoms with E-state index in [9.17, 15) is 9.59 Å². The van der Waals surface area contributed by atoms with Crippen LogP contribution < -0.4 is 4.74 Å². The monoisotopic (exact) mass is 482 g/mol. The van der Waals surface area contributed by atoms with E-state index in [0.717, 1.165) is 62.4 Å². The number of benzene rings is 2. The van der Waals surface area contributed by atoms with E-state index >= 15 is 0 Å². The number of nitrogens with zero attached hydrogens (tertiary/aromatic N) is 2. The van der Waals surface area contributed by atoms with Crippen LogP contribution in [0.2, 0.25) is 0 Å². The maximum Gasteiger partial charge on any atom is 0.337 e. The summed E-state index contributed by atoms with van der Waals surface area (Å²) in [5.41, 5.74) is 2.54. The van der Waals surface area contributed by atoms with Crippen LogP contribution in [0.3, 0.4) is 0 Å². The third kappa shape index (κ3) is 7.54. The van der Waals surface area contributed by atoms with Crippen LogP contribution in [-0.4, -0.2) is 68.6 Å². The van der Waals surface area contributed by atoms with Gasteiger partial charge in [0.25, 0.3) is 0 Å². The third-order valence-electron chi connectivity index (χ3n) is 6.54. The molecule has 2 aromatic rings. The molecular formula is C28H38N2O5. The molecule has 1 heterocycles. The van der Waals surface area contributed by atoms with Crippen LogP contribution in [0.1, 0.15) is 54.3 Å². The number of hydrogen-bond donors (Lipinski definition) is 0. The lowest BCUT2D eigenvalue weighted by Crippen LogP contribution is -2.50. The van der Waals surface area contributed by atoms with Gasteiger partial charge in [-0.15, -0.1) is 0 Å². The number of methoxy groups -OCH3 is 2. The first-order valence-corrected chi connectivity index (χ1v) is 12.4. The lowest BCUT2D eigenvalue weighted by atomic mass is 10.0. The molecule has 1 saturated heterocycles. The number of piperazine rings is 1. The molecule has 1 aliphatic heterocycles. The molecule has 0 spiro atoms. The Morgan fingerprint density at radius 2 is 1.71 bits per heavy atom. The van der Waals surface area contributed by atoms with E-state index in [4.69, 9.17) is 14.2 Å². The second-order valence-electron chi connectivity index (χ2n) is 9.08. The summed E-state index contributed by atoms with van der Waals surface area (Å²) in [6, 6.07) is 15.2. The maximum absolute atomic E-state index is 12.7. The van der Waals surface area contributed by atoms with Crippen molar-refractivity contribution in [3.8, 4) is 5.75 Å². The van der Waals surface area contributed by atoms with Crippen molar-refractivity contribution in [1.29, 1.82) is 0 Å². The van der Waals surface area contributed by atoms with Crippen LogP contribution >= 0.6 is 0 Å². The second-order valence-corrected chi connectivity index (χ2v) is 9.08. The van der Waals surface area contributed by atoms with Crippen LogP contribution in [-0.2, 0) is 20.9 Å².